The Morgan fingerprint density at radius 1 is 1.39 bits per heavy atom. The molecule has 2 aromatic rings. The largest absolute Gasteiger partial charge is 0.496 e. The van der Waals surface area contributed by atoms with E-state index in [0.717, 1.165) is 9.54 Å². The standard InChI is InChI=1S/C12H14N2O3S/c1-3-10-8-11(4-5-12(10)17-2)18(15,16)14-7-6-13-9-14/h4-9H,3H2,1-2H3. The monoisotopic (exact) mass is 266 g/mol. The van der Waals surface area contributed by atoms with Crippen LogP contribution in [0.2, 0.25) is 0 Å². The fourth-order valence-electron chi connectivity index (χ4n) is 1.70. The Kier molecular flexibility index (Phi) is 3.38. The molecule has 0 saturated heterocycles. The Balaban J connectivity index is 2.53. The molecule has 1 aromatic heterocycles. The first-order chi connectivity index (χ1) is 8.59. The SMILES string of the molecule is CCc1cc(S(=O)(=O)n2ccnc2)ccc1OC. The van der Waals surface area contributed by atoms with Gasteiger partial charge in [-0.25, -0.2) is 17.4 Å². The molecular weight excluding hydrogens is 252 g/mol. The number of benzene rings is 1. The van der Waals surface area contributed by atoms with E-state index in [-0.39, 0.29) is 4.90 Å². The molecule has 0 spiro atoms. The van der Waals surface area contributed by atoms with E-state index in [1.807, 2.05) is 6.92 Å². The normalized spacial score (nSPS) is 11.4. The van der Waals surface area contributed by atoms with Gasteiger partial charge in [0.1, 0.15) is 12.1 Å². The van der Waals surface area contributed by atoms with Gasteiger partial charge in [0.2, 0.25) is 0 Å². The van der Waals surface area contributed by atoms with Gasteiger partial charge in [-0.05, 0) is 30.2 Å². The van der Waals surface area contributed by atoms with Gasteiger partial charge in [-0.15, -0.1) is 0 Å². The van der Waals surface area contributed by atoms with Crippen molar-refractivity contribution in [2.45, 2.75) is 18.2 Å². The summed E-state index contributed by atoms with van der Waals surface area (Å²) < 4.78 is 30.8. The molecule has 0 saturated carbocycles. The van der Waals surface area contributed by atoms with Crippen LogP contribution in [0.5, 0.6) is 5.75 Å². The molecular formula is C12H14N2O3S. The second-order valence-corrected chi connectivity index (χ2v) is 5.57. The molecule has 5 nitrogen and oxygen atoms in total. The minimum Gasteiger partial charge on any atom is -0.496 e. The van der Waals surface area contributed by atoms with Crippen molar-refractivity contribution in [3.8, 4) is 5.75 Å². The summed E-state index contributed by atoms with van der Waals surface area (Å²) in [6.45, 7) is 1.95. The van der Waals surface area contributed by atoms with Crippen molar-refractivity contribution in [1.29, 1.82) is 0 Å². The zero-order valence-corrected chi connectivity index (χ0v) is 11.0. The van der Waals surface area contributed by atoms with Crippen LogP contribution >= 0.6 is 0 Å². The van der Waals surface area contributed by atoms with Crippen LogP contribution in [0, 0.1) is 0 Å². The van der Waals surface area contributed by atoms with Crippen LogP contribution in [-0.4, -0.2) is 24.5 Å². The second-order valence-electron chi connectivity index (χ2n) is 3.72. The molecule has 0 aliphatic rings. The maximum atomic E-state index is 12.2. The lowest BCUT2D eigenvalue weighted by molar-refractivity contribution is 0.409. The van der Waals surface area contributed by atoms with Gasteiger partial charge in [-0.2, -0.15) is 0 Å². The third-order valence-corrected chi connectivity index (χ3v) is 4.31. The van der Waals surface area contributed by atoms with Gasteiger partial charge in [-0.3, -0.25) is 0 Å². The third kappa shape index (κ3) is 2.11. The number of hydrogen-bond acceptors (Lipinski definition) is 4. The van der Waals surface area contributed by atoms with Gasteiger partial charge >= 0.3 is 0 Å². The zero-order chi connectivity index (χ0) is 13.2. The lowest BCUT2D eigenvalue weighted by Gasteiger charge is -2.10. The van der Waals surface area contributed by atoms with Crippen LogP contribution in [0.1, 0.15) is 12.5 Å². The number of aromatic nitrogens is 2. The first-order valence-corrected chi connectivity index (χ1v) is 6.94. The van der Waals surface area contributed by atoms with Gasteiger partial charge in [0.05, 0.1) is 12.0 Å². The molecule has 96 valence electrons. The predicted octanol–water partition coefficient (Wildman–Crippen LogP) is 1.69. The molecule has 0 fully saturated rings. The fraction of sp³-hybridized carbons (Fsp3) is 0.250. The minimum absolute atomic E-state index is 0.234. The number of nitrogens with zero attached hydrogens (tertiary/aromatic N) is 2. The molecule has 0 radical (unpaired) electrons. The average Bonchev–Trinajstić information content (AvgIpc) is 2.92. The van der Waals surface area contributed by atoms with Crippen LogP contribution in [0.4, 0.5) is 0 Å². The Morgan fingerprint density at radius 2 is 2.17 bits per heavy atom. The van der Waals surface area contributed by atoms with Crippen molar-refractivity contribution in [2.24, 2.45) is 0 Å². The number of rotatable bonds is 4. The van der Waals surface area contributed by atoms with Crippen LogP contribution < -0.4 is 4.74 Å². The van der Waals surface area contributed by atoms with E-state index in [4.69, 9.17) is 4.74 Å². The Labute approximate surface area is 106 Å². The molecule has 0 aliphatic heterocycles. The van der Waals surface area contributed by atoms with E-state index in [2.05, 4.69) is 4.98 Å². The van der Waals surface area contributed by atoms with Crippen molar-refractivity contribution >= 4 is 10.0 Å². The van der Waals surface area contributed by atoms with Gasteiger partial charge < -0.3 is 4.74 Å². The maximum absolute atomic E-state index is 12.2. The van der Waals surface area contributed by atoms with Crippen LogP contribution in [0.15, 0.2) is 41.8 Å². The molecule has 0 unspecified atom stereocenters. The topological polar surface area (TPSA) is 61.2 Å². The van der Waals surface area contributed by atoms with Crippen LogP contribution in [-0.2, 0) is 16.4 Å². The highest BCUT2D eigenvalue weighted by atomic mass is 32.2. The second kappa shape index (κ2) is 4.81. The highest BCUT2D eigenvalue weighted by Gasteiger charge is 2.17. The Hall–Kier alpha value is -1.82. The molecule has 1 heterocycles. The molecule has 1 aromatic carbocycles. The van der Waals surface area contributed by atoms with E-state index >= 15 is 0 Å². The molecule has 2 rings (SSSR count). The van der Waals surface area contributed by atoms with Crippen molar-refractivity contribution < 1.29 is 13.2 Å². The Morgan fingerprint density at radius 3 is 2.72 bits per heavy atom. The van der Waals surface area contributed by atoms with E-state index in [1.165, 1.54) is 24.8 Å². The zero-order valence-electron chi connectivity index (χ0n) is 10.2. The summed E-state index contributed by atoms with van der Waals surface area (Å²) in [6.07, 6.45) is 4.81. The highest BCUT2D eigenvalue weighted by molar-refractivity contribution is 7.90. The van der Waals surface area contributed by atoms with E-state index in [1.54, 1.807) is 19.2 Å². The summed E-state index contributed by atoms with van der Waals surface area (Å²) in [5, 5.41) is 0. The molecule has 0 aliphatic carbocycles. The van der Waals surface area contributed by atoms with Crippen LogP contribution in [0.3, 0.4) is 0 Å². The fourth-order valence-corrected chi connectivity index (χ4v) is 2.87. The molecule has 6 heteroatoms. The van der Waals surface area contributed by atoms with E-state index in [0.29, 0.717) is 12.2 Å². The van der Waals surface area contributed by atoms with Gasteiger partial charge in [0, 0.05) is 12.4 Å². The minimum atomic E-state index is -3.55. The summed E-state index contributed by atoms with van der Waals surface area (Å²) in [5.41, 5.74) is 0.860. The Bertz CT molecular complexity index is 633. The molecule has 0 N–H and O–H groups in total. The summed E-state index contributed by atoms with van der Waals surface area (Å²) in [7, 11) is -1.99. The average molecular weight is 266 g/mol. The lowest BCUT2D eigenvalue weighted by Crippen LogP contribution is -2.11. The van der Waals surface area contributed by atoms with Gasteiger partial charge in [-0.1, -0.05) is 6.92 Å². The summed E-state index contributed by atoms with van der Waals surface area (Å²) >= 11 is 0. The number of hydrogen-bond donors (Lipinski definition) is 0. The summed E-state index contributed by atoms with van der Waals surface area (Å²) in [4.78, 5) is 3.98. The molecule has 18 heavy (non-hydrogen) atoms. The number of methoxy groups -OCH3 is 1. The smallest absolute Gasteiger partial charge is 0.268 e. The first-order valence-electron chi connectivity index (χ1n) is 5.50. The van der Waals surface area contributed by atoms with Gasteiger partial charge in [0.15, 0.2) is 0 Å². The summed E-state index contributed by atoms with van der Waals surface area (Å²) in [5.74, 6) is 0.696. The highest BCUT2D eigenvalue weighted by Crippen LogP contribution is 2.24. The van der Waals surface area contributed by atoms with Crippen molar-refractivity contribution in [3.05, 3.63) is 42.5 Å². The van der Waals surface area contributed by atoms with Crippen molar-refractivity contribution in [1.82, 2.24) is 8.96 Å². The van der Waals surface area contributed by atoms with E-state index < -0.39 is 10.0 Å². The number of imidazole rings is 1. The summed E-state index contributed by atoms with van der Waals surface area (Å²) in [6, 6.07) is 4.84. The molecule has 0 bridgehead atoms. The predicted molar refractivity (Wildman–Crippen MR) is 67.2 cm³/mol. The van der Waals surface area contributed by atoms with Crippen LogP contribution in [0.25, 0.3) is 0 Å². The maximum Gasteiger partial charge on any atom is 0.268 e. The van der Waals surface area contributed by atoms with Crippen molar-refractivity contribution in [3.63, 3.8) is 0 Å². The molecule has 0 atom stereocenters. The number of ether oxygens (including phenoxy) is 1. The van der Waals surface area contributed by atoms with Gasteiger partial charge in [0.25, 0.3) is 10.0 Å². The quantitative estimate of drug-likeness (QED) is 0.845. The van der Waals surface area contributed by atoms with E-state index in [9.17, 15) is 8.42 Å². The third-order valence-electron chi connectivity index (χ3n) is 2.69. The first kappa shape index (κ1) is 12.6. The number of aryl methyl sites for hydroxylation is 1. The van der Waals surface area contributed by atoms with Crippen molar-refractivity contribution in [2.75, 3.05) is 7.11 Å². The lowest BCUT2D eigenvalue weighted by atomic mass is 10.1. The molecule has 0 amide bonds.